The number of rotatable bonds is 6. The number of nitrogens with one attached hydrogen (secondary N) is 2. The van der Waals surface area contributed by atoms with Crippen LogP contribution in [0.15, 0.2) is 17.5 Å². The van der Waals surface area contributed by atoms with Gasteiger partial charge in [-0.15, -0.1) is 11.3 Å². The van der Waals surface area contributed by atoms with E-state index in [0.717, 1.165) is 6.42 Å². The van der Waals surface area contributed by atoms with Crippen LogP contribution in [-0.2, 0) is 9.59 Å². The first-order valence-electron chi connectivity index (χ1n) is 8.43. The van der Waals surface area contributed by atoms with E-state index in [1.807, 2.05) is 12.3 Å². The third-order valence-corrected chi connectivity index (χ3v) is 5.06. The maximum absolute atomic E-state index is 12.5. The second-order valence-corrected chi connectivity index (χ2v) is 7.01. The van der Waals surface area contributed by atoms with Crippen LogP contribution in [0.25, 0.3) is 0 Å². The van der Waals surface area contributed by atoms with Crippen LogP contribution in [-0.4, -0.2) is 48.3 Å². The number of carbonyl (C=O) groups excluding carboxylic acids is 3. The third-order valence-electron chi connectivity index (χ3n) is 4.19. The summed E-state index contributed by atoms with van der Waals surface area (Å²) in [5.41, 5.74) is 0. The Hall–Kier alpha value is -1.89. The zero-order valence-corrected chi connectivity index (χ0v) is 15.0. The Kier molecular flexibility index (Phi) is 6.78. The van der Waals surface area contributed by atoms with Crippen LogP contribution in [0.1, 0.15) is 42.8 Å². The van der Waals surface area contributed by atoms with E-state index in [1.54, 1.807) is 24.0 Å². The van der Waals surface area contributed by atoms with E-state index in [4.69, 9.17) is 0 Å². The molecule has 0 bridgehead atoms. The Morgan fingerprint density at radius 1 is 1.33 bits per heavy atom. The summed E-state index contributed by atoms with van der Waals surface area (Å²) in [5.74, 6) is -0.244. The van der Waals surface area contributed by atoms with E-state index in [-0.39, 0.29) is 23.6 Å². The molecule has 6 nitrogen and oxygen atoms in total. The van der Waals surface area contributed by atoms with E-state index >= 15 is 0 Å². The summed E-state index contributed by atoms with van der Waals surface area (Å²) in [7, 11) is 0. The molecule has 1 aromatic heterocycles. The van der Waals surface area contributed by atoms with Gasteiger partial charge in [0.2, 0.25) is 11.8 Å². The van der Waals surface area contributed by atoms with Crippen LogP contribution in [0.2, 0.25) is 0 Å². The highest BCUT2D eigenvalue weighted by atomic mass is 32.1. The fourth-order valence-corrected chi connectivity index (χ4v) is 3.39. The van der Waals surface area contributed by atoms with Crippen LogP contribution in [0, 0.1) is 5.92 Å². The lowest BCUT2D eigenvalue weighted by Gasteiger charge is -2.33. The molecule has 2 rings (SSSR count). The molecule has 1 aromatic rings. The van der Waals surface area contributed by atoms with E-state index < -0.39 is 6.04 Å². The Bertz CT molecular complexity index is 566. The molecule has 24 heavy (non-hydrogen) atoms. The van der Waals surface area contributed by atoms with Crippen LogP contribution in [0.4, 0.5) is 0 Å². The fraction of sp³-hybridized carbons (Fsp3) is 0.588. The molecule has 2 heterocycles. The fourth-order valence-electron chi connectivity index (χ4n) is 2.77. The lowest BCUT2D eigenvalue weighted by Crippen LogP contribution is -2.50. The van der Waals surface area contributed by atoms with Crippen molar-refractivity contribution < 1.29 is 14.4 Å². The number of amides is 3. The van der Waals surface area contributed by atoms with E-state index in [1.165, 1.54) is 11.3 Å². The molecule has 0 aromatic carbocycles. The van der Waals surface area contributed by atoms with Crippen molar-refractivity contribution in [1.29, 1.82) is 0 Å². The Balaban J connectivity index is 1.79. The zero-order valence-electron chi connectivity index (χ0n) is 14.2. The van der Waals surface area contributed by atoms with Gasteiger partial charge in [0.1, 0.15) is 6.04 Å². The first-order chi connectivity index (χ1) is 11.5. The summed E-state index contributed by atoms with van der Waals surface area (Å²) in [5, 5.41) is 7.48. The van der Waals surface area contributed by atoms with Gasteiger partial charge in [-0.3, -0.25) is 14.4 Å². The molecule has 1 saturated heterocycles. The number of likely N-dealkylation sites (tertiary alicyclic amines) is 1. The Labute approximate surface area is 146 Å². The minimum Gasteiger partial charge on any atom is -0.356 e. The smallest absolute Gasteiger partial charge is 0.261 e. The van der Waals surface area contributed by atoms with Crippen molar-refractivity contribution in [2.45, 2.75) is 39.2 Å². The molecule has 0 saturated carbocycles. The molecular formula is C17H25N3O3S. The van der Waals surface area contributed by atoms with E-state index in [0.29, 0.717) is 37.4 Å². The quantitative estimate of drug-likeness (QED) is 0.818. The highest BCUT2D eigenvalue weighted by molar-refractivity contribution is 7.12. The standard InChI is InChI=1S/C17H25N3O3S/c1-3-8-18-15(21)13-6-9-20(10-7-13)17(23)12(2)19-16(22)14-5-4-11-24-14/h4-5,11-13H,3,6-10H2,1-2H3,(H,18,21)(H,19,22). The maximum Gasteiger partial charge on any atom is 0.261 e. The largest absolute Gasteiger partial charge is 0.356 e. The van der Waals surface area contributed by atoms with Gasteiger partial charge in [-0.05, 0) is 37.6 Å². The summed E-state index contributed by atoms with van der Waals surface area (Å²) in [4.78, 5) is 38.8. The molecule has 1 aliphatic heterocycles. The molecule has 1 fully saturated rings. The molecule has 3 amide bonds. The second kappa shape index (κ2) is 8.82. The van der Waals surface area contributed by atoms with Gasteiger partial charge in [0.25, 0.3) is 5.91 Å². The van der Waals surface area contributed by atoms with Crippen LogP contribution in [0.3, 0.4) is 0 Å². The highest BCUT2D eigenvalue weighted by Crippen LogP contribution is 2.18. The van der Waals surface area contributed by atoms with Crippen molar-refractivity contribution in [3.05, 3.63) is 22.4 Å². The van der Waals surface area contributed by atoms with Gasteiger partial charge in [0, 0.05) is 25.6 Å². The van der Waals surface area contributed by atoms with Gasteiger partial charge in [0.05, 0.1) is 4.88 Å². The molecule has 0 aliphatic carbocycles. The summed E-state index contributed by atoms with van der Waals surface area (Å²) in [6.07, 6.45) is 2.27. The predicted octanol–water partition coefficient (Wildman–Crippen LogP) is 1.63. The Morgan fingerprint density at radius 3 is 2.62 bits per heavy atom. The normalized spacial score (nSPS) is 16.5. The topological polar surface area (TPSA) is 78.5 Å². The van der Waals surface area contributed by atoms with Crippen molar-refractivity contribution in [2.24, 2.45) is 5.92 Å². The van der Waals surface area contributed by atoms with Gasteiger partial charge in [-0.2, -0.15) is 0 Å². The summed E-state index contributed by atoms with van der Waals surface area (Å²) in [6, 6.07) is 2.97. The molecule has 0 radical (unpaired) electrons. The zero-order chi connectivity index (χ0) is 17.5. The Morgan fingerprint density at radius 2 is 2.04 bits per heavy atom. The molecule has 132 valence electrons. The average Bonchev–Trinajstić information content (AvgIpc) is 3.13. The lowest BCUT2D eigenvalue weighted by atomic mass is 9.95. The van der Waals surface area contributed by atoms with Gasteiger partial charge in [-0.25, -0.2) is 0 Å². The number of hydrogen-bond acceptors (Lipinski definition) is 4. The number of piperidine rings is 1. The van der Waals surface area contributed by atoms with E-state index in [2.05, 4.69) is 10.6 Å². The van der Waals surface area contributed by atoms with Crippen molar-refractivity contribution in [3.63, 3.8) is 0 Å². The van der Waals surface area contributed by atoms with Gasteiger partial charge < -0.3 is 15.5 Å². The van der Waals surface area contributed by atoms with Crippen LogP contribution in [0.5, 0.6) is 0 Å². The maximum atomic E-state index is 12.5. The SMILES string of the molecule is CCCNC(=O)C1CCN(C(=O)C(C)NC(=O)c2cccs2)CC1. The molecule has 0 spiro atoms. The predicted molar refractivity (Wildman–Crippen MR) is 93.9 cm³/mol. The van der Waals surface area contributed by atoms with Crippen LogP contribution < -0.4 is 10.6 Å². The van der Waals surface area contributed by atoms with Crippen molar-refractivity contribution in [2.75, 3.05) is 19.6 Å². The second-order valence-electron chi connectivity index (χ2n) is 6.06. The molecule has 2 N–H and O–H groups in total. The minimum atomic E-state index is -0.565. The third kappa shape index (κ3) is 4.80. The highest BCUT2D eigenvalue weighted by Gasteiger charge is 2.29. The van der Waals surface area contributed by atoms with Crippen molar-refractivity contribution in [1.82, 2.24) is 15.5 Å². The summed E-state index contributed by atoms with van der Waals surface area (Å²) >= 11 is 1.35. The molecule has 1 unspecified atom stereocenters. The monoisotopic (exact) mass is 351 g/mol. The summed E-state index contributed by atoms with van der Waals surface area (Å²) in [6.45, 7) is 5.54. The molecule has 1 aliphatic rings. The average molecular weight is 351 g/mol. The van der Waals surface area contributed by atoms with Gasteiger partial charge in [0.15, 0.2) is 0 Å². The summed E-state index contributed by atoms with van der Waals surface area (Å²) < 4.78 is 0. The van der Waals surface area contributed by atoms with Crippen molar-refractivity contribution >= 4 is 29.1 Å². The molecule has 1 atom stereocenters. The first-order valence-corrected chi connectivity index (χ1v) is 9.31. The van der Waals surface area contributed by atoms with E-state index in [9.17, 15) is 14.4 Å². The van der Waals surface area contributed by atoms with Gasteiger partial charge in [-0.1, -0.05) is 13.0 Å². The molecular weight excluding hydrogens is 326 g/mol. The molecule has 7 heteroatoms. The lowest BCUT2D eigenvalue weighted by molar-refractivity contribution is -0.136. The number of carbonyl (C=O) groups is 3. The number of nitrogens with zero attached hydrogens (tertiary/aromatic N) is 1. The number of hydrogen-bond donors (Lipinski definition) is 2. The van der Waals surface area contributed by atoms with Gasteiger partial charge >= 0.3 is 0 Å². The minimum absolute atomic E-state index is 0.0170. The van der Waals surface area contributed by atoms with Crippen LogP contribution >= 0.6 is 11.3 Å². The first kappa shape index (κ1) is 18.4. The number of thiophene rings is 1. The van der Waals surface area contributed by atoms with Crippen molar-refractivity contribution in [3.8, 4) is 0 Å².